The number of para-hydroxylation sites is 15. The first kappa shape index (κ1) is 93.6. The maximum absolute atomic E-state index is 13.5. The van der Waals surface area contributed by atoms with E-state index in [9.17, 15) is 46.9 Å². The summed E-state index contributed by atoms with van der Waals surface area (Å²) in [5.74, 6) is 3.03. The third kappa shape index (κ3) is 22.0. The summed E-state index contributed by atoms with van der Waals surface area (Å²) in [6.45, 7) is 5.37. The summed E-state index contributed by atoms with van der Waals surface area (Å²) in [4.78, 5) is 53.1. The van der Waals surface area contributed by atoms with Crippen molar-refractivity contribution < 1.29 is 46.9 Å². The highest BCUT2D eigenvalue weighted by Crippen LogP contribution is 2.38. The molecule has 0 bridgehead atoms. The number of fused-ring (bicyclic) bond motifs is 6. The maximum Gasteiger partial charge on any atom is 0.262 e. The molecule has 0 aliphatic heterocycles. The van der Waals surface area contributed by atoms with Crippen LogP contribution in [0.4, 0.5) is 34.1 Å². The van der Waals surface area contributed by atoms with Crippen LogP contribution < -0.4 is 28.5 Å². The zero-order valence-corrected chi connectivity index (χ0v) is 78.7. The van der Waals surface area contributed by atoms with Gasteiger partial charge in [-0.3, -0.25) is 28.4 Å². The number of benzene rings is 15. The van der Waals surface area contributed by atoms with Gasteiger partial charge in [0, 0.05) is 69.0 Å². The van der Waals surface area contributed by atoms with Crippen LogP contribution in [0.3, 0.4) is 0 Å². The lowest BCUT2D eigenvalue weighted by Crippen LogP contribution is -2.16. The van der Waals surface area contributed by atoms with Crippen molar-refractivity contribution in [2.45, 2.75) is 59.6 Å². The van der Waals surface area contributed by atoms with Crippen LogP contribution in [0.15, 0.2) is 371 Å². The highest BCUT2D eigenvalue weighted by atomic mass is 35.5. The molecule has 0 saturated heterocycles. The average Bonchev–Trinajstić information content (AvgIpc) is 1.21. The first-order valence-corrected chi connectivity index (χ1v) is 51.0. The van der Waals surface area contributed by atoms with Crippen LogP contribution >= 0.6 is 11.6 Å². The summed E-state index contributed by atoms with van der Waals surface area (Å²) in [5.41, 5.74) is 16.9. The van der Waals surface area contributed by atoms with Gasteiger partial charge in [-0.1, -0.05) is 202 Å². The maximum atomic E-state index is 13.5. The number of carbonyl (C=O) groups is 1. The SMILES string of the molecule is CC(=O)c1ccc(S(=O)(=O)Nc2ccccc2-c2nc3ccccc3[nH]2)cc1.CCCS(=O)(=O)Nc1ccccc1-c1nc2ccccc2[nH]1.CCCc1ccc(S(=O)(=O)Nc2ccccc2-c2nc3ccccc3[nH]2)cc1.CN(C)c1cccc2c(S(=O)(=O)Nc3ccccc3-c3nc4ccccc4[nH]3)cccc12.O=S(=O)(Nc1ccccc1-c1nc2ccccc2[nH]1)c1ccc(Cl)cc1. The van der Waals surface area contributed by atoms with Gasteiger partial charge in [-0.15, -0.1) is 0 Å². The lowest BCUT2D eigenvalue weighted by molar-refractivity contribution is 0.101. The molecule has 0 amide bonds. The molecule has 0 radical (unpaired) electrons. The first-order chi connectivity index (χ1) is 65.6. The molecule has 0 saturated carbocycles. The number of aryl methyl sites for hydroxylation is 1. The van der Waals surface area contributed by atoms with Gasteiger partial charge < -0.3 is 29.8 Å². The second-order valence-electron chi connectivity index (χ2n) is 31.5. The number of hydrogen-bond acceptors (Lipinski definition) is 17. The van der Waals surface area contributed by atoms with E-state index in [4.69, 9.17) is 11.6 Å². The molecule has 686 valence electrons. The minimum Gasteiger partial charge on any atom is -0.377 e. The molecule has 27 nitrogen and oxygen atoms in total. The van der Waals surface area contributed by atoms with E-state index < -0.39 is 50.1 Å². The zero-order chi connectivity index (χ0) is 95.3. The Morgan fingerprint density at radius 1 is 0.309 bits per heavy atom. The van der Waals surface area contributed by atoms with E-state index in [1.165, 1.54) is 43.3 Å². The molecule has 0 aliphatic carbocycles. The van der Waals surface area contributed by atoms with Crippen molar-refractivity contribution in [3.8, 4) is 56.9 Å². The summed E-state index contributed by atoms with van der Waals surface area (Å²) < 4.78 is 141. The molecule has 5 aromatic heterocycles. The molecule has 0 spiro atoms. The number of ketones is 1. The Balaban J connectivity index is 0.000000124. The van der Waals surface area contributed by atoms with E-state index >= 15 is 0 Å². The van der Waals surface area contributed by atoms with E-state index in [1.54, 1.807) is 103 Å². The van der Waals surface area contributed by atoms with Gasteiger partial charge in [0.25, 0.3) is 40.1 Å². The Kier molecular flexibility index (Phi) is 28.1. The fourth-order valence-electron chi connectivity index (χ4n) is 15.1. The molecule has 5 heterocycles. The van der Waals surface area contributed by atoms with Crippen LogP contribution in [0.1, 0.15) is 49.5 Å². The topological polar surface area (TPSA) is 395 Å². The van der Waals surface area contributed by atoms with E-state index in [0.29, 0.717) is 102 Å². The standard InChI is InChI=1S/C25H22N4O2S.C22H21N3O2S.C21H17N3O3S.C19H14ClN3O2S.C16H17N3O2S/c1-29(2)23-15-7-11-18-17(23)10-8-16-24(18)32(30,31)28-20-12-4-3-9-19(20)25-26-21-13-5-6-14-22(21)27-25;1-2-7-16-12-14-17(15-13-16)28(26,27)25-19-9-4-3-8-18(19)22-23-20-10-5-6-11-21(20)24-22;1-14(25)15-10-12-16(13-11-15)28(26,27)24-18-7-3-2-6-17(18)21-22-19-8-4-5-9-20(19)23-21;20-13-9-11-14(12-10-13)26(24,25)23-16-6-2-1-5-15(16)19-21-17-7-3-4-8-18(17)22-19;1-2-11-22(20,21)19-13-8-4-3-7-12(13)16-17-14-9-5-6-10-15(14)18-16/h3-16,28H,1-2H3,(H,26,27);3-6,8-15,25H,2,7H2,1H3,(H,23,24);2-13,24H,1H3,(H,22,23);1-12,23H,(H,21,22);3-10,19H,2,11H2,1H3,(H,17,18). The fourth-order valence-corrected chi connectivity index (χ4v) is 20.9. The second kappa shape index (κ2) is 40.9. The lowest BCUT2D eigenvalue weighted by Gasteiger charge is -2.17. The molecule has 0 fully saturated rings. The number of Topliss-reactive ketones (excluding diaryl/α,β-unsaturated/α-hetero) is 1. The van der Waals surface area contributed by atoms with Crippen LogP contribution in [-0.2, 0) is 56.5 Å². The fraction of sp³-hybridized carbons (Fsp3) is 0.0874. The molecule has 0 unspecified atom stereocenters. The highest BCUT2D eigenvalue weighted by Gasteiger charge is 2.26. The van der Waals surface area contributed by atoms with E-state index in [-0.39, 0.29) is 31.1 Å². The van der Waals surface area contributed by atoms with Crippen molar-refractivity contribution in [3.63, 3.8) is 0 Å². The van der Waals surface area contributed by atoms with Crippen molar-refractivity contribution in [1.82, 2.24) is 49.8 Å². The molecule has 0 atom stereocenters. The van der Waals surface area contributed by atoms with E-state index in [1.807, 2.05) is 238 Å². The molecule has 33 heteroatoms. The summed E-state index contributed by atoms with van der Waals surface area (Å²) >= 11 is 5.84. The van der Waals surface area contributed by atoms with E-state index in [2.05, 4.69) is 80.4 Å². The molecule has 15 aromatic carbocycles. The number of aromatic nitrogens is 10. The lowest BCUT2D eigenvalue weighted by atomic mass is 10.1. The summed E-state index contributed by atoms with van der Waals surface area (Å²) in [6.07, 6.45) is 2.53. The molecule has 136 heavy (non-hydrogen) atoms. The van der Waals surface area contributed by atoms with Crippen molar-refractivity contribution in [2.24, 2.45) is 0 Å². The monoisotopic (exact) mass is 1920 g/mol. The number of hydrogen-bond donors (Lipinski definition) is 10. The molecular formula is C103H91ClN16O11S5. The number of rotatable bonds is 25. The number of anilines is 6. The molecule has 20 rings (SSSR count). The van der Waals surface area contributed by atoms with Crippen molar-refractivity contribution in [1.29, 1.82) is 0 Å². The average molecular weight is 1920 g/mol. The number of imidazole rings is 5. The Morgan fingerprint density at radius 3 is 0.912 bits per heavy atom. The zero-order valence-electron chi connectivity index (χ0n) is 73.9. The third-order valence-electron chi connectivity index (χ3n) is 21.7. The van der Waals surface area contributed by atoms with Gasteiger partial charge in [0.1, 0.15) is 29.1 Å². The Morgan fingerprint density at radius 2 is 0.596 bits per heavy atom. The largest absolute Gasteiger partial charge is 0.377 e. The predicted octanol–water partition coefficient (Wildman–Crippen LogP) is 22.5. The third-order valence-corrected chi connectivity index (χ3v) is 29.0. The summed E-state index contributed by atoms with van der Waals surface area (Å²) in [5, 5.41) is 2.03. The van der Waals surface area contributed by atoms with Gasteiger partial charge in [0.15, 0.2) is 5.78 Å². The van der Waals surface area contributed by atoms with Crippen LogP contribution in [0, 0.1) is 0 Å². The first-order valence-electron chi connectivity index (χ1n) is 43.0. The van der Waals surface area contributed by atoms with Crippen molar-refractivity contribution in [2.75, 3.05) is 48.4 Å². The number of aromatic amines is 5. The second-order valence-corrected chi connectivity index (χ2v) is 40.5. The van der Waals surface area contributed by atoms with Crippen LogP contribution in [0.25, 0.3) is 123 Å². The minimum atomic E-state index is -3.85. The Labute approximate surface area is 791 Å². The Hall–Kier alpha value is -15.6. The van der Waals surface area contributed by atoms with Gasteiger partial charge >= 0.3 is 0 Å². The highest BCUT2D eigenvalue weighted by molar-refractivity contribution is 7.94. The number of sulfonamides is 5. The smallest absolute Gasteiger partial charge is 0.262 e. The van der Waals surface area contributed by atoms with Crippen LogP contribution in [0.5, 0.6) is 0 Å². The van der Waals surface area contributed by atoms with Gasteiger partial charge in [-0.2, -0.15) is 0 Å². The molecular weight excluding hydrogens is 1830 g/mol. The number of nitrogens with zero attached hydrogens (tertiary/aromatic N) is 6. The Bertz CT molecular complexity index is 8220. The number of H-pyrrole nitrogens is 5. The van der Waals surface area contributed by atoms with Crippen LogP contribution in [-0.4, -0.2) is 118 Å². The van der Waals surface area contributed by atoms with Crippen molar-refractivity contribution in [3.05, 3.63) is 368 Å². The summed E-state index contributed by atoms with van der Waals surface area (Å²) in [6, 6.07) is 104. The van der Waals surface area contributed by atoms with Crippen molar-refractivity contribution >= 4 is 168 Å². The number of nitrogens with one attached hydrogen (secondary N) is 10. The van der Waals surface area contributed by atoms with Gasteiger partial charge in [-0.05, 0) is 207 Å². The molecule has 0 aliphatic rings. The minimum absolute atomic E-state index is 0.0805. The van der Waals surface area contributed by atoms with Gasteiger partial charge in [-0.25, -0.2) is 67.0 Å². The van der Waals surface area contributed by atoms with Gasteiger partial charge in [0.05, 0.1) is 109 Å². The number of carbonyl (C=O) groups excluding carboxylic acids is 1. The van der Waals surface area contributed by atoms with Crippen LogP contribution in [0.2, 0.25) is 5.02 Å². The summed E-state index contributed by atoms with van der Waals surface area (Å²) in [7, 11) is -14.6. The normalized spacial score (nSPS) is 11.6. The molecule has 10 N–H and O–H groups in total. The van der Waals surface area contributed by atoms with Gasteiger partial charge in [0.2, 0.25) is 10.0 Å². The molecule has 20 aromatic rings. The number of halogens is 1. The quantitative estimate of drug-likeness (QED) is 0.0238. The van der Waals surface area contributed by atoms with E-state index in [0.717, 1.165) is 90.2 Å². The predicted molar refractivity (Wildman–Crippen MR) is 545 cm³/mol.